The molecular formula is C25H31N3O4S. The molecule has 3 rings (SSSR count). The van der Waals surface area contributed by atoms with E-state index in [1.54, 1.807) is 24.0 Å². The predicted octanol–water partition coefficient (Wildman–Crippen LogP) is 4.61. The highest BCUT2D eigenvalue weighted by Gasteiger charge is 2.28. The molecule has 1 N–H and O–H groups in total. The standard InChI is InChI=1S/C25H31N3O4S/c1-18-7-9-20(10-8-18)15-27(19(2)25(30)26-22-5-3-4-6-22)24(29)17-33-16-21-11-13-23(14-12-21)28(31)32/h7-14,19,22H,3-6,15-17H2,1-2H3,(H,26,30). The molecule has 1 fully saturated rings. The van der Waals surface area contributed by atoms with Gasteiger partial charge >= 0.3 is 0 Å². The molecule has 1 aliphatic carbocycles. The number of nitro groups is 1. The molecule has 1 unspecified atom stereocenters. The Morgan fingerprint density at radius 2 is 1.70 bits per heavy atom. The van der Waals surface area contributed by atoms with Gasteiger partial charge in [-0.25, -0.2) is 0 Å². The van der Waals surface area contributed by atoms with E-state index < -0.39 is 11.0 Å². The van der Waals surface area contributed by atoms with Crippen LogP contribution in [-0.2, 0) is 21.9 Å². The van der Waals surface area contributed by atoms with E-state index in [9.17, 15) is 19.7 Å². The summed E-state index contributed by atoms with van der Waals surface area (Å²) in [5.41, 5.74) is 3.08. The minimum absolute atomic E-state index is 0.0474. The van der Waals surface area contributed by atoms with Gasteiger partial charge in [0, 0.05) is 30.5 Å². The van der Waals surface area contributed by atoms with Crippen molar-refractivity contribution in [1.82, 2.24) is 10.2 Å². The van der Waals surface area contributed by atoms with Crippen LogP contribution in [0.5, 0.6) is 0 Å². The van der Waals surface area contributed by atoms with E-state index >= 15 is 0 Å². The quantitative estimate of drug-likeness (QED) is 0.405. The normalized spacial score (nSPS) is 14.6. The fourth-order valence-electron chi connectivity index (χ4n) is 3.92. The first-order chi connectivity index (χ1) is 15.8. The van der Waals surface area contributed by atoms with Crippen molar-refractivity contribution in [3.63, 3.8) is 0 Å². The summed E-state index contributed by atoms with van der Waals surface area (Å²) in [7, 11) is 0. The van der Waals surface area contributed by atoms with Crippen molar-refractivity contribution >= 4 is 29.3 Å². The molecule has 1 saturated carbocycles. The monoisotopic (exact) mass is 469 g/mol. The van der Waals surface area contributed by atoms with Crippen LogP contribution in [-0.4, -0.2) is 39.5 Å². The summed E-state index contributed by atoms with van der Waals surface area (Å²) in [5, 5.41) is 13.9. The molecule has 176 valence electrons. The van der Waals surface area contributed by atoms with Crippen LogP contribution in [0.3, 0.4) is 0 Å². The van der Waals surface area contributed by atoms with Crippen LogP contribution in [0.1, 0.15) is 49.3 Å². The second-order valence-corrected chi connectivity index (χ2v) is 9.58. The minimum Gasteiger partial charge on any atom is -0.352 e. The maximum absolute atomic E-state index is 13.2. The number of non-ortho nitro benzene ring substituents is 1. The van der Waals surface area contributed by atoms with Gasteiger partial charge in [0.05, 0.1) is 10.7 Å². The second-order valence-electron chi connectivity index (χ2n) is 8.59. The molecule has 2 aromatic rings. The molecule has 2 aromatic carbocycles. The van der Waals surface area contributed by atoms with Crippen molar-refractivity contribution in [2.75, 3.05) is 5.75 Å². The van der Waals surface area contributed by atoms with Gasteiger partial charge in [-0.05, 0) is 37.8 Å². The molecule has 1 atom stereocenters. The first-order valence-corrected chi connectivity index (χ1v) is 12.5. The number of carbonyl (C=O) groups is 2. The van der Waals surface area contributed by atoms with Crippen molar-refractivity contribution in [3.8, 4) is 0 Å². The Bertz CT molecular complexity index is 957. The Morgan fingerprint density at radius 3 is 2.30 bits per heavy atom. The first kappa shape index (κ1) is 24.8. The van der Waals surface area contributed by atoms with Crippen LogP contribution in [0.15, 0.2) is 48.5 Å². The Labute approximate surface area is 199 Å². The van der Waals surface area contributed by atoms with Crippen molar-refractivity contribution < 1.29 is 14.5 Å². The summed E-state index contributed by atoms with van der Waals surface area (Å²) < 4.78 is 0. The highest BCUT2D eigenvalue weighted by Crippen LogP contribution is 2.20. The third kappa shape index (κ3) is 7.32. The Morgan fingerprint density at radius 1 is 1.09 bits per heavy atom. The van der Waals surface area contributed by atoms with Crippen LogP contribution in [0.2, 0.25) is 0 Å². The van der Waals surface area contributed by atoms with Gasteiger partial charge in [0.15, 0.2) is 0 Å². The summed E-state index contributed by atoms with van der Waals surface area (Å²) in [5.74, 6) is 0.577. The lowest BCUT2D eigenvalue weighted by molar-refractivity contribution is -0.384. The number of amides is 2. The molecule has 0 aliphatic heterocycles. The summed E-state index contributed by atoms with van der Waals surface area (Å²) in [6.45, 7) is 4.17. The van der Waals surface area contributed by atoms with Crippen molar-refractivity contribution in [2.24, 2.45) is 0 Å². The number of nitrogens with one attached hydrogen (secondary N) is 1. The molecule has 0 spiro atoms. The highest BCUT2D eigenvalue weighted by molar-refractivity contribution is 7.99. The van der Waals surface area contributed by atoms with Gasteiger partial charge in [-0.15, -0.1) is 11.8 Å². The molecule has 1 aliphatic rings. The average Bonchev–Trinajstić information content (AvgIpc) is 3.31. The van der Waals surface area contributed by atoms with Gasteiger partial charge in [0.25, 0.3) is 5.69 Å². The number of hydrogen-bond donors (Lipinski definition) is 1. The first-order valence-electron chi connectivity index (χ1n) is 11.3. The van der Waals surface area contributed by atoms with Crippen molar-refractivity contribution in [1.29, 1.82) is 0 Å². The van der Waals surface area contributed by atoms with E-state index in [-0.39, 0.29) is 29.3 Å². The third-order valence-corrected chi connectivity index (χ3v) is 6.97. The molecule has 8 heteroatoms. The number of hydrogen-bond acceptors (Lipinski definition) is 5. The van der Waals surface area contributed by atoms with Crippen molar-refractivity contribution in [3.05, 3.63) is 75.3 Å². The van der Waals surface area contributed by atoms with Gasteiger partial charge in [-0.1, -0.05) is 54.8 Å². The molecule has 0 heterocycles. The predicted molar refractivity (Wildman–Crippen MR) is 131 cm³/mol. The average molecular weight is 470 g/mol. The van der Waals surface area contributed by atoms with E-state index in [2.05, 4.69) is 5.32 Å². The Kier molecular flexibility index (Phi) is 8.88. The number of benzene rings is 2. The number of thioether (sulfide) groups is 1. The van der Waals surface area contributed by atoms with Gasteiger partial charge in [0.2, 0.25) is 11.8 Å². The van der Waals surface area contributed by atoms with E-state index in [0.717, 1.165) is 42.4 Å². The van der Waals surface area contributed by atoms with E-state index in [1.165, 1.54) is 23.9 Å². The number of nitrogens with zero attached hydrogens (tertiary/aromatic N) is 2. The van der Waals surface area contributed by atoms with Crippen molar-refractivity contribution in [2.45, 2.75) is 63.9 Å². The summed E-state index contributed by atoms with van der Waals surface area (Å²) in [4.78, 5) is 38.1. The summed E-state index contributed by atoms with van der Waals surface area (Å²) in [6.07, 6.45) is 4.25. The Hall–Kier alpha value is -2.87. The van der Waals surface area contributed by atoms with Crippen LogP contribution in [0.4, 0.5) is 5.69 Å². The topological polar surface area (TPSA) is 92.6 Å². The molecule has 0 radical (unpaired) electrons. The van der Waals surface area contributed by atoms with Gasteiger partial charge in [0.1, 0.15) is 6.04 Å². The summed E-state index contributed by atoms with van der Waals surface area (Å²) in [6, 6.07) is 14.0. The van der Waals surface area contributed by atoms with E-state index in [4.69, 9.17) is 0 Å². The SMILES string of the molecule is Cc1ccc(CN(C(=O)CSCc2ccc([N+](=O)[O-])cc2)C(C)C(=O)NC2CCCC2)cc1. The molecule has 0 aromatic heterocycles. The fourth-order valence-corrected chi connectivity index (χ4v) is 4.79. The second kappa shape index (κ2) is 11.8. The molecule has 2 amide bonds. The fraction of sp³-hybridized carbons (Fsp3) is 0.440. The highest BCUT2D eigenvalue weighted by atomic mass is 32.2. The van der Waals surface area contributed by atoms with E-state index in [1.807, 2.05) is 31.2 Å². The molecule has 0 bridgehead atoms. The third-order valence-electron chi connectivity index (χ3n) is 5.98. The van der Waals surface area contributed by atoms with Crippen LogP contribution in [0, 0.1) is 17.0 Å². The number of carbonyl (C=O) groups excluding carboxylic acids is 2. The van der Waals surface area contributed by atoms with Crippen LogP contribution < -0.4 is 5.32 Å². The zero-order valence-corrected chi connectivity index (χ0v) is 20.0. The van der Waals surface area contributed by atoms with Gasteiger partial charge < -0.3 is 10.2 Å². The number of aryl methyl sites for hydroxylation is 1. The maximum atomic E-state index is 13.2. The largest absolute Gasteiger partial charge is 0.352 e. The molecule has 33 heavy (non-hydrogen) atoms. The van der Waals surface area contributed by atoms with Gasteiger partial charge in [-0.3, -0.25) is 19.7 Å². The lowest BCUT2D eigenvalue weighted by atomic mass is 10.1. The molecule has 0 saturated heterocycles. The lowest BCUT2D eigenvalue weighted by Crippen LogP contribution is -2.50. The smallest absolute Gasteiger partial charge is 0.269 e. The number of nitro benzene ring substituents is 1. The molecular weight excluding hydrogens is 438 g/mol. The minimum atomic E-state index is -0.570. The zero-order chi connectivity index (χ0) is 23.8. The van der Waals surface area contributed by atoms with E-state index in [0.29, 0.717) is 12.3 Å². The lowest BCUT2D eigenvalue weighted by Gasteiger charge is -2.29. The number of rotatable bonds is 10. The van der Waals surface area contributed by atoms with Crippen LogP contribution >= 0.6 is 11.8 Å². The van der Waals surface area contributed by atoms with Gasteiger partial charge in [-0.2, -0.15) is 0 Å². The zero-order valence-electron chi connectivity index (χ0n) is 19.2. The maximum Gasteiger partial charge on any atom is 0.269 e. The van der Waals surface area contributed by atoms with Crippen LogP contribution in [0.25, 0.3) is 0 Å². The summed E-state index contributed by atoms with van der Waals surface area (Å²) >= 11 is 1.44. The Balaban J connectivity index is 1.63. The molecule has 7 nitrogen and oxygen atoms in total.